The van der Waals surface area contributed by atoms with Gasteiger partial charge < -0.3 is 10.0 Å². The zero-order valence-electron chi connectivity index (χ0n) is 13.9. The van der Waals surface area contributed by atoms with Crippen LogP contribution in [0.1, 0.15) is 30.3 Å². The quantitative estimate of drug-likeness (QED) is 0.914. The van der Waals surface area contributed by atoms with Gasteiger partial charge in [-0.25, -0.2) is 0 Å². The molecule has 1 aromatic heterocycles. The summed E-state index contributed by atoms with van der Waals surface area (Å²) in [7, 11) is 0. The van der Waals surface area contributed by atoms with Gasteiger partial charge in [0.1, 0.15) is 5.69 Å². The summed E-state index contributed by atoms with van der Waals surface area (Å²) in [5, 5.41) is 13.6. The summed E-state index contributed by atoms with van der Waals surface area (Å²) in [4.78, 5) is 37.8. The van der Waals surface area contributed by atoms with Gasteiger partial charge in [-0.15, -0.1) is 0 Å². The first kappa shape index (κ1) is 16.9. The normalized spacial score (nSPS) is 20.3. The Morgan fingerprint density at radius 1 is 1.16 bits per heavy atom. The maximum atomic E-state index is 12.8. The highest BCUT2D eigenvalue weighted by molar-refractivity contribution is 5.92. The van der Waals surface area contributed by atoms with Gasteiger partial charge in [0.2, 0.25) is 0 Å². The number of benzene rings is 1. The van der Waals surface area contributed by atoms with Crippen molar-refractivity contribution in [3.63, 3.8) is 0 Å². The number of piperidine rings is 1. The van der Waals surface area contributed by atoms with E-state index in [1.54, 1.807) is 31.2 Å². The third-order valence-electron chi connectivity index (χ3n) is 4.52. The zero-order valence-corrected chi connectivity index (χ0v) is 13.9. The lowest BCUT2D eigenvalue weighted by Gasteiger charge is -2.37. The van der Waals surface area contributed by atoms with Crippen LogP contribution in [0.5, 0.6) is 0 Å². The number of rotatable bonds is 3. The number of carboxylic acid groups (broad SMARTS) is 1. The molecule has 2 aromatic rings. The highest BCUT2D eigenvalue weighted by atomic mass is 16.4. The number of hydrogen-bond donors (Lipinski definition) is 1. The third-order valence-corrected chi connectivity index (χ3v) is 4.52. The Balaban J connectivity index is 1.91. The van der Waals surface area contributed by atoms with Gasteiger partial charge in [-0.3, -0.25) is 14.4 Å². The van der Waals surface area contributed by atoms with E-state index in [9.17, 15) is 19.5 Å². The van der Waals surface area contributed by atoms with E-state index in [1.165, 1.54) is 21.7 Å². The summed E-state index contributed by atoms with van der Waals surface area (Å²) >= 11 is 0. The Hall–Kier alpha value is -2.96. The fourth-order valence-electron chi connectivity index (χ4n) is 3.03. The molecule has 0 bridgehead atoms. The molecule has 1 aliphatic rings. The van der Waals surface area contributed by atoms with E-state index in [0.717, 1.165) is 0 Å². The highest BCUT2D eigenvalue weighted by Crippen LogP contribution is 2.30. The van der Waals surface area contributed by atoms with E-state index >= 15 is 0 Å². The van der Waals surface area contributed by atoms with Crippen LogP contribution in [0.2, 0.25) is 0 Å². The molecule has 3 rings (SSSR count). The van der Waals surface area contributed by atoms with Gasteiger partial charge in [-0.1, -0.05) is 18.2 Å². The third kappa shape index (κ3) is 3.31. The van der Waals surface area contributed by atoms with Crippen LogP contribution >= 0.6 is 0 Å². The van der Waals surface area contributed by atoms with Crippen molar-refractivity contribution in [3.05, 3.63) is 58.5 Å². The Morgan fingerprint density at radius 3 is 2.56 bits per heavy atom. The molecule has 7 nitrogen and oxygen atoms in total. The first-order valence-electron chi connectivity index (χ1n) is 8.09. The minimum absolute atomic E-state index is 0.123. The van der Waals surface area contributed by atoms with Crippen LogP contribution in [0.25, 0.3) is 5.69 Å². The van der Waals surface area contributed by atoms with Crippen LogP contribution in [-0.4, -0.2) is 44.8 Å². The Bertz CT molecular complexity index is 862. The van der Waals surface area contributed by atoms with Crippen LogP contribution in [0.15, 0.2) is 47.3 Å². The van der Waals surface area contributed by atoms with Gasteiger partial charge >= 0.3 is 5.97 Å². The van der Waals surface area contributed by atoms with E-state index in [-0.39, 0.29) is 23.7 Å². The molecule has 0 radical (unpaired) electrons. The number of carbonyl (C=O) groups is 2. The number of para-hydroxylation sites is 1. The van der Waals surface area contributed by atoms with Crippen molar-refractivity contribution in [2.24, 2.45) is 5.41 Å². The average Bonchev–Trinajstić information content (AvgIpc) is 2.62. The molecule has 1 atom stereocenters. The molecule has 130 valence electrons. The molecule has 7 heteroatoms. The lowest BCUT2D eigenvalue weighted by Crippen LogP contribution is -2.48. The minimum atomic E-state index is -0.957. The summed E-state index contributed by atoms with van der Waals surface area (Å²) in [6.07, 6.45) is 1.15. The van der Waals surface area contributed by atoms with Crippen LogP contribution in [0, 0.1) is 5.41 Å². The van der Waals surface area contributed by atoms with E-state index in [0.29, 0.717) is 25.1 Å². The molecule has 1 N–H and O–H groups in total. The van der Waals surface area contributed by atoms with Crippen LogP contribution in [0.4, 0.5) is 0 Å². The molecule has 25 heavy (non-hydrogen) atoms. The van der Waals surface area contributed by atoms with Gasteiger partial charge in [0, 0.05) is 19.2 Å². The maximum Gasteiger partial charge on any atom is 0.311 e. The standard InChI is InChI=1S/C18H19N3O4/c1-18(17(24)25)10-5-11-20(12-18)16(23)14-8-9-15(22)21(19-14)13-6-3-2-4-7-13/h2-4,6-9H,5,10-12H2,1H3,(H,24,25). The van der Waals surface area contributed by atoms with Crippen LogP contribution in [0.3, 0.4) is 0 Å². The van der Waals surface area contributed by atoms with Gasteiger partial charge in [-0.05, 0) is 38.0 Å². The van der Waals surface area contributed by atoms with Gasteiger partial charge in [0.15, 0.2) is 0 Å². The molecule has 0 saturated carbocycles. The summed E-state index contributed by atoms with van der Waals surface area (Å²) in [6.45, 7) is 2.26. The molecular formula is C18H19N3O4. The number of aromatic nitrogens is 2. The predicted octanol–water partition coefficient (Wildman–Crippen LogP) is 1.56. The van der Waals surface area contributed by atoms with Gasteiger partial charge in [0.25, 0.3) is 11.5 Å². The van der Waals surface area contributed by atoms with E-state index in [4.69, 9.17) is 0 Å². The number of carbonyl (C=O) groups excluding carboxylic acids is 1. The Labute approximate surface area is 144 Å². The smallest absolute Gasteiger partial charge is 0.311 e. The Kier molecular flexibility index (Phi) is 4.39. The van der Waals surface area contributed by atoms with E-state index < -0.39 is 11.4 Å². The monoisotopic (exact) mass is 341 g/mol. The Morgan fingerprint density at radius 2 is 1.88 bits per heavy atom. The molecule has 0 aliphatic carbocycles. The minimum Gasteiger partial charge on any atom is -0.481 e. The predicted molar refractivity (Wildman–Crippen MR) is 90.7 cm³/mol. The fraction of sp³-hybridized carbons (Fsp3) is 0.333. The molecule has 0 spiro atoms. The van der Waals surface area contributed by atoms with Crippen molar-refractivity contribution >= 4 is 11.9 Å². The van der Waals surface area contributed by atoms with Crippen molar-refractivity contribution in [3.8, 4) is 5.69 Å². The topological polar surface area (TPSA) is 92.5 Å². The molecule has 1 fully saturated rings. The number of aliphatic carboxylic acids is 1. The molecule has 1 aromatic carbocycles. The molecule has 1 saturated heterocycles. The zero-order chi connectivity index (χ0) is 18.0. The van der Waals surface area contributed by atoms with Crippen molar-refractivity contribution in [1.29, 1.82) is 0 Å². The molecule has 2 heterocycles. The average molecular weight is 341 g/mol. The lowest BCUT2D eigenvalue weighted by molar-refractivity contribution is -0.150. The molecular weight excluding hydrogens is 322 g/mol. The molecule has 1 amide bonds. The second-order valence-corrected chi connectivity index (χ2v) is 6.50. The second kappa shape index (κ2) is 6.51. The second-order valence-electron chi connectivity index (χ2n) is 6.50. The summed E-state index contributed by atoms with van der Waals surface area (Å²) in [6, 6.07) is 11.5. The summed E-state index contributed by atoms with van der Waals surface area (Å²) in [5.74, 6) is -1.27. The van der Waals surface area contributed by atoms with Crippen LogP contribution in [-0.2, 0) is 4.79 Å². The molecule has 1 unspecified atom stereocenters. The maximum absolute atomic E-state index is 12.8. The number of amides is 1. The fourth-order valence-corrected chi connectivity index (χ4v) is 3.03. The molecule has 1 aliphatic heterocycles. The number of hydrogen-bond acceptors (Lipinski definition) is 4. The van der Waals surface area contributed by atoms with Gasteiger partial charge in [-0.2, -0.15) is 9.78 Å². The van der Waals surface area contributed by atoms with Crippen molar-refractivity contribution in [1.82, 2.24) is 14.7 Å². The van der Waals surface area contributed by atoms with Crippen molar-refractivity contribution in [2.75, 3.05) is 13.1 Å². The number of likely N-dealkylation sites (tertiary alicyclic amines) is 1. The summed E-state index contributed by atoms with van der Waals surface area (Å²) < 4.78 is 1.17. The van der Waals surface area contributed by atoms with Crippen molar-refractivity contribution < 1.29 is 14.7 Å². The van der Waals surface area contributed by atoms with E-state index in [1.807, 2.05) is 6.07 Å². The van der Waals surface area contributed by atoms with Crippen LogP contribution < -0.4 is 5.56 Å². The lowest BCUT2D eigenvalue weighted by atomic mass is 9.82. The first-order chi connectivity index (χ1) is 11.9. The first-order valence-corrected chi connectivity index (χ1v) is 8.09. The van der Waals surface area contributed by atoms with Gasteiger partial charge in [0.05, 0.1) is 11.1 Å². The number of nitrogens with zero attached hydrogens (tertiary/aromatic N) is 3. The SMILES string of the molecule is CC1(C(=O)O)CCCN(C(=O)c2ccc(=O)n(-c3ccccc3)n2)C1. The van der Waals surface area contributed by atoms with Crippen molar-refractivity contribution in [2.45, 2.75) is 19.8 Å². The number of carboxylic acids is 1. The summed E-state index contributed by atoms with van der Waals surface area (Å²) in [5.41, 5.74) is -0.604. The largest absolute Gasteiger partial charge is 0.481 e. The van der Waals surface area contributed by atoms with E-state index in [2.05, 4.69) is 5.10 Å². The highest BCUT2D eigenvalue weighted by Gasteiger charge is 2.39.